The van der Waals surface area contributed by atoms with Gasteiger partial charge >= 0.3 is 0 Å². The van der Waals surface area contributed by atoms with Gasteiger partial charge in [-0.3, -0.25) is 0 Å². The van der Waals surface area contributed by atoms with Crippen molar-refractivity contribution < 1.29 is 9.47 Å². The number of benzene rings is 3. The zero-order valence-corrected chi connectivity index (χ0v) is 17.6. The van der Waals surface area contributed by atoms with E-state index in [4.69, 9.17) is 21.1 Å². The highest BCUT2D eigenvalue weighted by Crippen LogP contribution is 2.34. The van der Waals surface area contributed by atoms with E-state index in [9.17, 15) is 0 Å². The summed E-state index contributed by atoms with van der Waals surface area (Å²) in [6.07, 6.45) is 2.58. The number of aryl methyl sites for hydroxylation is 1. The minimum Gasteiger partial charge on any atom is -0.493 e. The molecule has 3 aromatic carbocycles. The van der Waals surface area contributed by atoms with Gasteiger partial charge in [0.2, 0.25) is 0 Å². The summed E-state index contributed by atoms with van der Waals surface area (Å²) in [7, 11) is 1.67. The van der Waals surface area contributed by atoms with Crippen molar-refractivity contribution in [2.45, 2.75) is 26.5 Å². The Morgan fingerprint density at radius 2 is 1.79 bits per heavy atom. The first-order chi connectivity index (χ1) is 14.1. The minimum absolute atomic E-state index is 0.443. The van der Waals surface area contributed by atoms with Crippen LogP contribution in [0.2, 0.25) is 5.02 Å². The molecule has 4 heteroatoms. The largest absolute Gasteiger partial charge is 0.493 e. The molecular formula is C25H26ClNO2. The van der Waals surface area contributed by atoms with Gasteiger partial charge in [-0.1, -0.05) is 48.0 Å². The van der Waals surface area contributed by atoms with E-state index >= 15 is 0 Å². The number of methoxy groups -OCH3 is 1. The van der Waals surface area contributed by atoms with E-state index in [0.717, 1.165) is 33.9 Å². The molecule has 0 saturated heterocycles. The molecule has 0 saturated carbocycles. The molecule has 3 aromatic rings. The fourth-order valence-corrected chi connectivity index (χ4v) is 3.28. The van der Waals surface area contributed by atoms with Crippen LogP contribution in [0.1, 0.15) is 22.3 Å². The summed E-state index contributed by atoms with van der Waals surface area (Å²) in [6.45, 7) is 7.13. The minimum atomic E-state index is 0.443. The number of nitrogens with one attached hydrogen (secondary N) is 1. The van der Waals surface area contributed by atoms with Gasteiger partial charge in [0.15, 0.2) is 11.5 Å². The maximum atomic E-state index is 6.14. The van der Waals surface area contributed by atoms with Crippen LogP contribution in [0, 0.1) is 6.92 Å². The van der Waals surface area contributed by atoms with Crippen molar-refractivity contribution in [2.75, 3.05) is 12.4 Å². The second kappa shape index (κ2) is 10.0. The average molecular weight is 408 g/mol. The molecule has 0 heterocycles. The Kier molecular flexibility index (Phi) is 7.20. The van der Waals surface area contributed by atoms with Gasteiger partial charge in [-0.05, 0) is 60.4 Å². The highest BCUT2D eigenvalue weighted by atomic mass is 35.5. The van der Waals surface area contributed by atoms with Crippen LogP contribution in [0.25, 0.3) is 0 Å². The molecule has 0 aliphatic rings. The summed E-state index contributed by atoms with van der Waals surface area (Å²) in [5.41, 5.74) is 5.57. The van der Waals surface area contributed by atoms with Crippen LogP contribution < -0.4 is 14.8 Å². The van der Waals surface area contributed by atoms with Gasteiger partial charge in [0.05, 0.1) is 7.11 Å². The maximum absolute atomic E-state index is 6.14. The first kappa shape index (κ1) is 20.8. The van der Waals surface area contributed by atoms with Crippen LogP contribution in [-0.2, 0) is 19.6 Å². The lowest BCUT2D eigenvalue weighted by Gasteiger charge is -2.17. The Morgan fingerprint density at radius 3 is 2.48 bits per heavy atom. The van der Waals surface area contributed by atoms with E-state index in [1.807, 2.05) is 48.5 Å². The summed E-state index contributed by atoms with van der Waals surface area (Å²) in [6, 6.07) is 20.1. The van der Waals surface area contributed by atoms with E-state index in [0.29, 0.717) is 24.6 Å². The molecule has 0 spiro atoms. The molecule has 29 heavy (non-hydrogen) atoms. The lowest BCUT2D eigenvalue weighted by Crippen LogP contribution is -2.05. The third-order valence-corrected chi connectivity index (χ3v) is 4.95. The van der Waals surface area contributed by atoms with Gasteiger partial charge in [-0.15, -0.1) is 6.58 Å². The summed E-state index contributed by atoms with van der Waals surface area (Å²) in [5.74, 6) is 1.47. The molecule has 0 amide bonds. The zero-order valence-electron chi connectivity index (χ0n) is 16.9. The predicted molar refractivity (Wildman–Crippen MR) is 121 cm³/mol. The number of halogens is 1. The molecule has 0 atom stereocenters. The Morgan fingerprint density at radius 1 is 1.03 bits per heavy atom. The molecular weight excluding hydrogens is 382 g/mol. The SMILES string of the molecule is C=CCc1cc(CNc2ccccc2C)cc(OC)c1OCc1ccc(Cl)cc1. The Bertz CT molecular complexity index is 967. The highest BCUT2D eigenvalue weighted by molar-refractivity contribution is 6.30. The van der Waals surface area contributed by atoms with Crippen LogP contribution in [-0.4, -0.2) is 7.11 Å². The lowest BCUT2D eigenvalue weighted by atomic mass is 10.0. The van der Waals surface area contributed by atoms with Crippen molar-refractivity contribution in [3.8, 4) is 11.5 Å². The quantitative estimate of drug-likeness (QED) is 0.406. The average Bonchev–Trinajstić information content (AvgIpc) is 2.73. The van der Waals surface area contributed by atoms with E-state index < -0.39 is 0 Å². The number of para-hydroxylation sites is 1. The summed E-state index contributed by atoms with van der Waals surface area (Å²) in [5, 5.41) is 4.21. The monoisotopic (exact) mass is 407 g/mol. The Hall–Kier alpha value is -2.91. The first-order valence-corrected chi connectivity index (χ1v) is 9.96. The molecule has 0 fully saturated rings. The normalized spacial score (nSPS) is 10.4. The van der Waals surface area contributed by atoms with Crippen LogP contribution in [0.3, 0.4) is 0 Å². The lowest BCUT2D eigenvalue weighted by molar-refractivity contribution is 0.281. The summed E-state index contributed by atoms with van der Waals surface area (Å²) < 4.78 is 11.8. The standard InChI is InChI=1S/C25H26ClNO2/c1-4-7-21-14-20(16-27-23-9-6-5-8-18(23)2)15-24(28-3)25(21)29-17-19-10-12-22(26)13-11-19/h4-6,8-15,27H,1,7,16-17H2,2-3H3. The van der Waals surface area contributed by atoms with Crippen molar-refractivity contribution in [1.29, 1.82) is 0 Å². The van der Waals surface area contributed by atoms with Crippen molar-refractivity contribution in [3.63, 3.8) is 0 Å². The van der Waals surface area contributed by atoms with Crippen LogP contribution >= 0.6 is 11.6 Å². The topological polar surface area (TPSA) is 30.5 Å². The van der Waals surface area contributed by atoms with Gasteiger partial charge in [-0.2, -0.15) is 0 Å². The van der Waals surface area contributed by atoms with Gasteiger partial charge in [0, 0.05) is 22.8 Å². The number of anilines is 1. The van der Waals surface area contributed by atoms with E-state index in [1.165, 1.54) is 5.56 Å². The third-order valence-electron chi connectivity index (χ3n) is 4.70. The zero-order chi connectivity index (χ0) is 20.6. The summed E-state index contributed by atoms with van der Waals surface area (Å²) in [4.78, 5) is 0. The van der Waals surface area contributed by atoms with Crippen LogP contribution in [0.4, 0.5) is 5.69 Å². The van der Waals surface area contributed by atoms with Crippen molar-refractivity contribution in [1.82, 2.24) is 0 Å². The Labute approximate surface area is 177 Å². The number of allylic oxidation sites excluding steroid dienone is 1. The van der Waals surface area contributed by atoms with Crippen molar-refractivity contribution >= 4 is 17.3 Å². The molecule has 3 rings (SSSR count). The van der Waals surface area contributed by atoms with Crippen LogP contribution in [0.15, 0.2) is 73.3 Å². The number of ether oxygens (including phenoxy) is 2. The molecule has 0 unspecified atom stereocenters. The third kappa shape index (κ3) is 5.55. The smallest absolute Gasteiger partial charge is 0.165 e. The number of hydrogen-bond donors (Lipinski definition) is 1. The molecule has 0 bridgehead atoms. The first-order valence-electron chi connectivity index (χ1n) is 9.58. The summed E-state index contributed by atoms with van der Waals surface area (Å²) >= 11 is 5.97. The Balaban J connectivity index is 1.81. The second-order valence-corrected chi connectivity index (χ2v) is 7.30. The van der Waals surface area contributed by atoms with E-state index in [2.05, 4.69) is 37.0 Å². The second-order valence-electron chi connectivity index (χ2n) is 6.86. The fraction of sp³-hybridized carbons (Fsp3) is 0.200. The molecule has 0 radical (unpaired) electrons. The van der Waals surface area contributed by atoms with Crippen molar-refractivity contribution in [2.24, 2.45) is 0 Å². The maximum Gasteiger partial charge on any atom is 0.165 e. The number of rotatable bonds is 9. The van der Waals surface area contributed by atoms with Gasteiger partial charge in [0.25, 0.3) is 0 Å². The molecule has 150 valence electrons. The van der Waals surface area contributed by atoms with Crippen LogP contribution in [0.5, 0.6) is 11.5 Å². The molecule has 0 aromatic heterocycles. The van der Waals surface area contributed by atoms with E-state index in [-0.39, 0.29) is 0 Å². The van der Waals surface area contributed by atoms with Gasteiger partial charge < -0.3 is 14.8 Å². The molecule has 0 aliphatic carbocycles. The number of hydrogen-bond acceptors (Lipinski definition) is 3. The molecule has 0 aliphatic heterocycles. The van der Waals surface area contributed by atoms with E-state index in [1.54, 1.807) is 7.11 Å². The van der Waals surface area contributed by atoms with Gasteiger partial charge in [0.1, 0.15) is 6.61 Å². The highest BCUT2D eigenvalue weighted by Gasteiger charge is 2.13. The predicted octanol–water partition coefficient (Wildman–Crippen LogP) is 6.58. The molecule has 3 nitrogen and oxygen atoms in total. The fourth-order valence-electron chi connectivity index (χ4n) is 3.15. The van der Waals surface area contributed by atoms with Gasteiger partial charge in [-0.25, -0.2) is 0 Å². The molecule has 1 N–H and O–H groups in total. The van der Waals surface area contributed by atoms with Crippen molar-refractivity contribution in [3.05, 3.63) is 101 Å².